The smallest absolute Gasteiger partial charge is 0.377 e. The second kappa shape index (κ2) is 10.8. The van der Waals surface area contributed by atoms with Crippen LogP contribution in [0.15, 0.2) is 73.1 Å². The zero-order valence-corrected chi connectivity index (χ0v) is 22.5. The summed E-state index contributed by atoms with van der Waals surface area (Å²) in [7, 11) is 0. The minimum absolute atomic E-state index is 0.0645. The van der Waals surface area contributed by atoms with Crippen LogP contribution in [0.5, 0.6) is 0 Å². The predicted octanol–water partition coefficient (Wildman–Crippen LogP) is 7.72. The Morgan fingerprint density at radius 1 is 0.644 bits per heavy atom. The van der Waals surface area contributed by atoms with E-state index in [-0.39, 0.29) is 61.6 Å². The Labute approximate surface area is 246 Å². The fraction of sp³-hybridized carbons (Fsp3) is 0.310. The van der Waals surface area contributed by atoms with Crippen molar-refractivity contribution in [3.05, 3.63) is 118 Å². The number of aromatic nitrogens is 3. The summed E-state index contributed by atoms with van der Waals surface area (Å²) < 4.78 is 168. The molecule has 0 saturated heterocycles. The van der Waals surface area contributed by atoms with Crippen LogP contribution in [0, 0.1) is 0 Å². The summed E-state index contributed by atoms with van der Waals surface area (Å²) in [6.45, 7) is 0.107. The Bertz CT molecular complexity index is 1560. The summed E-state index contributed by atoms with van der Waals surface area (Å²) in [6, 6.07) is 6.75. The summed E-state index contributed by atoms with van der Waals surface area (Å²) >= 11 is 0. The van der Waals surface area contributed by atoms with Gasteiger partial charge in [-0.25, -0.2) is 4.57 Å². The van der Waals surface area contributed by atoms with Gasteiger partial charge in [0, 0.05) is 11.5 Å². The Kier molecular flexibility index (Phi) is 7.74. The van der Waals surface area contributed by atoms with Crippen molar-refractivity contribution in [2.24, 2.45) is 0 Å². The summed E-state index contributed by atoms with van der Waals surface area (Å²) in [5.74, 6) is 0.139. The third-order valence-electron chi connectivity index (χ3n) is 7.50. The lowest BCUT2D eigenvalue weighted by Gasteiger charge is -2.35. The number of aliphatic hydroxyl groups is 1. The van der Waals surface area contributed by atoms with Crippen LogP contribution in [-0.4, -0.2) is 14.9 Å². The van der Waals surface area contributed by atoms with Crippen molar-refractivity contribution < 1.29 is 62.4 Å². The molecule has 5 rings (SSSR count). The number of hydrogen-bond donors (Lipinski definition) is 1. The highest BCUT2D eigenvalue weighted by Crippen LogP contribution is 2.48. The number of rotatable bonds is 5. The standard InChI is InChI=1S/C29H20F12N3O/c30-26(31,32)19-8-17(9-20(12-19)27(33,34)35)25(45,18-10-21(28(36,37)38)13-22(11-18)29(39,40)41)23-6-7-24-42-43(15-44(23)24)14-16-4-2-1-3-5-16/h1-5,8-13,15,23,45H,6-7,14H2/q+1. The van der Waals surface area contributed by atoms with Gasteiger partial charge in [0.05, 0.1) is 22.3 Å². The van der Waals surface area contributed by atoms with Crippen LogP contribution >= 0.6 is 0 Å². The van der Waals surface area contributed by atoms with Crippen molar-refractivity contribution >= 4 is 0 Å². The minimum Gasteiger partial charge on any atom is -0.377 e. The molecule has 1 aromatic heterocycles. The SMILES string of the molecule is OC(c1cc(C(F)(F)F)cc(C(F)(F)F)c1)(c1cc(C(F)(F)F)cc(C(F)(F)F)c1)C1CCc2nn(Cc3ccccc3)c[n+]21. The van der Waals surface area contributed by atoms with E-state index in [4.69, 9.17) is 0 Å². The third kappa shape index (κ3) is 6.37. The first-order valence-electron chi connectivity index (χ1n) is 13.0. The van der Waals surface area contributed by atoms with E-state index in [2.05, 4.69) is 5.10 Å². The number of nitrogens with zero attached hydrogens (tertiary/aromatic N) is 3. The molecule has 0 spiro atoms. The van der Waals surface area contributed by atoms with E-state index in [1.165, 1.54) is 11.0 Å². The maximum Gasteiger partial charge on any atom is 0.416 e. The Morgan fingerprint density at radius 3 is 1.44 bits per heavy atom. The molecule has 1 unspecified atom stereocenters. The largest absolute Gasteiger partial charge is 0.416 e. The first-order chi connectivity index (χ1) is 20.7. The second-order valence-electron chi connectivity index (χ2n) is 10.5. The fourth-order valence-electron chi connectivity index (χ4n) is 5.44. The molecule has 4 aromatic rings. The highest BCUT2D eigenvalue weighted by molar-refractivity contribution is 5.46. The molecule has 1 N–H and O–H groups in total. The van der Waals surface area contributed by atoms with Gasteiger partial charge in [0.2, 0.25) is 6.33 Å². The number of benzene rings is 3. The van der Waals surface area contributed by atoms with Gasteiger partial charge in [-0.2, -0.15) is 52.7 Å². The summed E-state index contributed by atoms with van der Waals surface area (Å²) in [4.78, 5) is 0. The van der Waals surface area contributed by atoms with Gasteiger partial charge in [-0.1, -0.05) is 30.3 Å². The molecule has 1 aliphatic rings. The topological polar surface area (TPSA) is 41.9 Å². The highest BCUT2D eigenvalue weighted by atomic mass is 19.4. The van der Waals surface area contributed by atoms with E-state index in [0.717, 1.165) is 4.57 Å². The second-order valence-corrected chi connectivity index (χ2v) is 10.5. The predicted molar refractivity (Wildman–Crippen MR) is 131 cm³/mol. The van der Waals surface area contributed by atoms with Crippen LogP contribution in [0.1, 0.15) is 57.2 Å². The van der Waals surface area contributed by atoms with Crippen LogP contribution < -0.4 is 4.57 Å². The Balaban J connectivity index is 1.79. The molecular formula is C29H20F12N3O+. The highest BCUT2D eigenvalue weighted by Gasteiger charge is 2.52. The number of fused-ring (bicyclic) bond motifs is 1. The molecule has 0 saturated carbocycles. The zero-order valence-electron chi connectivity index (χ0n) is 22.5. The Morgan fingerprint density at radius 2 is 1.04 bits per heavy atom. The molecule has 0 bridgehead atoms. The number of hydrogen-bond acceptors (Lipinski definition) is 2. The van der Waals surface area contributed by atoms with E-state index in [1.807, 2.05) is 0 Å². The van der Waals surface area contributed by atoms with Crippen LogP contribution in [0.3, 0.4) is 0 Å². The molecule has 0 amide bonds. The molecule has 0 aliphatic carbocycles. The Hall–Kier alpha value is -4.08. The monoisotopic (exact) mass is 654 g/mol. The molecule has 2 heterocycles. The molecule has 0 radical (unpaired) electrons. The summed E-state index contributed by atoms with van der Waals surface area (Å²) in [6.07, 6.45) is -20.9. The molecule has 1 atom stereocenters. The maximum atomic E-state index is 13.8. The summed E-state index contributed by atoms with van der Waals surface area (Å²) in [5.41, 5.74) is -12.7. The van der Waals surface area contributed by atoms with Crippen LogP contribution in [-0.2, 0) is 43.3 Å². The van der Waals surface area contributed by atoms with E-state index < -0.39 is 69.7 Å². The van der Waals surface area contributed by atoms with E-state index >= 15 is 0 Å². The van der Waals surface area contributed by atoms with Gasteiger partial charge in [0.25, 0.3) is 5.82 Å². The van der Waals surface area contributed by atoms with Gasteiger partial charge in [-0.15, -0.1) is 4.68 Å². The van der Waals surface area contributed by atoms with Gasteiger partial charge >= 0.3 is 24.7 Å². The number of aryl methyl sites for hydroxylation is 1. The average Bonchev–Trinajstić information content (AvgIpc) is 3.51. The van der Waals surface area contributed by atoms with Gasteiger partial charge in [-0.3, -0.25) is 0 Å². The quantitative estimate of drug-likeness (QED) is 0.177. The molecule has 240 valence electrons. The van der Waals surface area contributed by atoms with Crippen LogP contribution in [0.2, 0.25) is 0 Å². The minimum atomic E-state index is -5.43. The third-order valence-corrected chi connectivity index (χ3v) is 7.50. The van der Waals surface area contributed by atoms with Gasteiger partial charge < -0.3 is 5.11 Å². The molecule has 3 aromatic carbocycles. The lowest BCUT2D eigenvalue weighted by molar-refractivity contribution is -0.731. The van der Waals surface area contributed by atoms with Gasteiger partial charge in [-0.05, 0) is 59.5 Å². The molecule has 16 heteroatoms. The van der Waals surface area contributed by atoms with Gasteiger partial charge in [0.15, 0.2) is 0 Å². The maximum absolute atomic E-state index is 13.8. The first-order valence-corrected chi connectivity index (χ1v) is 13.0. The average molecular weight is 654 g/mol. The lowest BCUT2D eigenvalue weighted by Crippen LogP contribution is -2.50. The van der Waals surface area contributed by atoms with Gasteiger partial charge in [0.1, 0.15) is 18.2 Å². The van der Waals surface area contributed by atoms with Crippen molar-refractivity contribution in [1.82, 2.24) is 9.78 Å². The van der Waals surface area contributed by atoms with Crippen LogP contribution in [0.4, 0.5) is 52.7 Å². The summed E-state index contributed by atoms with van der Waals surface area (Å²) in [5, 5.41) is 16.5. The molecule has 4 nitrogen and oxygen atoms in total. The van der Waals surface area contributed by atoms with E-state index in [0.29, 0.717) is 5.56 Å². The van der Waals surface area contributed by atoms with E-state index in [1.54, 1.807) is 30.3 Å². The molecule has 0 fully saturated rings. The molecule has 1 aliphatic heterocycles. The molecular weight excluding hydrogens is 634 g/mol. The van der Waals surface area contributed by atoms with Crippen molar-refractivity contribution in [1.29, 1.82) is 0 Å². The van der Waals surface area contributed by atoms with Crippen molar-refractivity contribution in [3.63, 3.8) is 0 Å². The van der Waals surface area contributed by atoms with Crippen LogP contribution in [0.25, 0.3) is 0 Å². The van der Waals surface area contributed by atoms with Crippen molar-refractivity contribution in [2.75, 3.05) is 0 Å². The molecule has 45 heavy (non-hydrogen) atoms. The number of alkyl halides is 12. The fourth-order valence-corrected chi connectivity index (χ4v) is 5.44. The van der Waals surface area contributed by atoms with E-state index in [9.17, 15) is 57.8 Å². The van der Waals surface area contributed by atoms with Crippen molar-refractivity contribution in [3.8, 4) is 0 Å². The number of halogens is 12. The normalized spacial score (nSPS) is 16.2. The zero-order chi connectivity index (χ0) is 33.2. The lowest BCUT2D eigenvalue weighted by atomic mass is 9.77. The van der Waals surface area contributed by atoms with Crippen molar-refractivity contribution in [2.45, 2.75) is 55.7 Å². The first kappa shape index (κ1) is 32.3.